The van der Waals surface area contributed by atoms with E-state index in [0.29, 0.717) is 11.7 Å². The Labute approximate surface area is 209 Å². The van der Waals surface area contributed by atoms with Gasteiger partial charge in [0.25, 0.3) is 0 Å². The van der Waals surface area contributed by atoms with Crippen LogP contribution in [0.1, 0.15) is 30.1 Å². The Morgan fingerprint density at radius 2 is 1.94 bits per heavy atom. The van der Waals surface area contributed by atoms with Crippen LogP contribution in [-0.2, 0) is 0 Å². The number of rotatable bonds is 6. The fourth-order valence-electron chi connectivity index (χ4n) is 4.75. The van der Waals surface area contributed by atoms with Crippen molar-refractivity contribution in [3.63, 3.8) is 0 Å². The number of benzene rings is 1. The first-order valence-electron chi connectivity index (χ1n) is 11.8. The Kier molecular flexibility index (Phi) is 6.53. The highest BCUT2D eigenvalue weighted by Gasteiger charge is 2.22. The molecular formula is C26H31N7OS. The second-order valence-electron chi connectivity index (χ2n) is 9.00. The van der Waals surface area contributed by atoms with Crippen molar-refractivity contribution in [3.8, 4) is 16.9 Å². The van der Waals surface area contributed by atoms with E-state index in [4.69, 9.17) is 15.6 Å². The Morgan fingerprint density at radius 3 is 2.69 bits per heavy atom. The highest BCUT2D eigenvalue weighted by molar-refractivity contribution is 7.99. The van der Waals surface area contributed by atoms with Crippen molar-refractivity contribution in [1.82, 2.24) is 24.3 Å². The summed E-state index contributed by atoms with van der Waals surface area (Å²) in [5, 5.41) is 9.33. The van der Waals surface area contributed by atoms with E-state index in [1.54, 1.807) is 32.1 Å². The third-order valence-corrected chi connectivity index (χ3v) is 7.82. The molecule has 0 bridgehead atoms. The number of aromatic nitrogens is 4. The average molecular weight is 490 g/mol. The van der Waals surface area contributed by atoms with Crippen molar-refractivity contribution in [3.05, 3.63) is 54.1 Å². The third kappa shape index (κ3) is 4.53. The van der Waals surface area contributed by atoms with Crippen LogP contribution in [0.3, 0.4) is 0 Å². The van der Waals surface area contributed by atoms with E-state index in [1.165, 1.54) is 5.69 Å². The molecule has 0 atom stereocenters. The molecule has 5 rings (SSSR count). The van der Waals surface area contributed by atoms with E-state index in [0.717, 1.165) is 63.7 Å². The van der Waals surface area contributed by atoms with Crippen LogP contribution in [0.15, 0.2) is 57.6 Å². The van der Waals surface area contributed by atoms with Gasteiger partial charge in [-0.25, -0.2) is 4.52 Å². The number of methoxy groups -OCH3 is 1. The van der Waals surface area contributed by atoms with Gasteiger partial charge in [-0.2, -0.15) is 10.2 Å². The monoisotopic (exact) mass is 489 g/mol. The maximum Gasteiger partial charge on any atom is 0.119 e. The van der Waals surface area contributed by atoms with Gasteiger partial charge in [-0.3, -0.25) is 9.67 Å². The van der Waals surface area contributed by atoms with Crippen LogP contribution >= 0.6 is 11.8 Å². The molecule has 0 aliphatic carbocycles. The maximum absolute atomic E-state index is 6.34. The zero-order valence-electron chi connectivity index (χ0n) is 20.6. The molecule has 4 heterocycles. The minimum atomic E-state index is 0.438. The minimum Gasteiger partial charge on any atom is -0.497 e. The van der Waals surface area contributed by atoms with Gasteiger partial charge in [0.2, 0.25) is 0 Å². The summed E-state index contributed by atoms with van der Waals surface area (Å²) in [7, 11) is 5.62. The smallest absolute Gasteiger partial charge is 0.119 e. The van der Waals surface area contributed by atoms with Gasteiger partial charge in [0.05, 0.1) is 31.2 Å². The lowest BCUT2D eigenvalue weighted by Gasteiger charge is -2.29. The molecule has 8 nitrogen and oxygen atoms in total. The quantitative estimate of drug-likeness (QED) is 0.400. The number of nitrogen functional groups attached to an aromatic ring is 1. The number of hydrogen-bond donors (Lipinski definition) is 1. The van der Waals surface area contributed by atoms with Crippen molar-refractivity contribution in [2.24, 2.45) is 4.99 Å². The molecule has 182 valence electrons. The fraction of sp³-hybridized carbons (Fsp3) is 0.346. The topological polar surface area (TPSA) is 86.0 Å². The normalized spacial score (nSPS) is 15.4. The number of likely N-dealkylation sites (tertiary alicyclic amines) is 1. The van der Waals surface area contributed by atoms with Crippen molar-refractivity contribution < 1.29 is 4.74 Å². The Hall–Kier alpha value is -3.30. The Balaban J connectivity index is 1.56. The summed E-state index contributed by atoms with van der Waals surface area (Å²) in [5.41, 5.74) is 12.2. The SMILES string of the molecule is CN=Cc1cc(OC)ccc1Sc1cc(-c2cnn(C3CCN(C)CC3)c2C)cn2ncc(N)c12. The predicted molar refractivity (Wildman–Crippen MR) is 142 cm³/mol. The number of ether oxygens (including phenoxy) is 1. The van der Waals surface area contributed by atoms with E-state index in [9.17, 15) is 0 Å². The van der Waals surface area contributed by atoms with Crippen LogP contribution in [0.4, 0.5) is 5.69 Å². The maximum atomic E-state index is 6.34. The summed E-state index contributed by atoms with van der Waals surface area (Å²) in [4.78, 5) is 8.71. The van der Waals surface area contributed by atoms with E-state index in [2.05, 4.69) is 45.8 Å². The number of anilines is 1. The first kappa shape index (κ1) is 23.4. The summed E-state index contributed by atoms with van der Waals surface area (Å²) >= 11 is 1.65. The molecule has 1 aliphatic heterocycles. The van der Waals surface area contributed by atoms with E-state index < -0.39 is 0 Å². The highest BCUT2D eigenvalue weighted by Crippen LogP contribution is 2.39. The summed E-state index contributed by atoms with van der Waals surface area (Å²) in [6.07, 6.45) is 9.82. The molecule has 9 heteroatoms. The Bertz CT molecular complexity index is 1380. The van der Waals surface area contributed by atoms with E-state index in [1.807, 2.05) is 35.3 Å². The van der Waals surface area contributed by atoms with E-state index in [-0.39, 0.29) is 0 Å². The molecule has 1 saturated heterocycles. The van der Waals surface area contributed by atoms with Crippen LogP contribution in [0.25, 0.3) is 16.6 Å². The molecule has 0 saturated carbocycles. The largest absolute Gasteiger partial charge is 0.497 e. The van der Waals surface area contributed by atoms with Gasteiger partial charge in [0.15, 0.2) is 0 Å². The molecule has 0 unspecified atom stereocenters. The van der Waals surface area contributed by atoms with Crippen LogP contribution in [0.2, 0.25) is 0 Å². The molecule has 3 aromatic heterocycles. The molecule has 0 amide bonds. The highest BCUT2D eigenvalue weighted by atomic mass is 32.2. The number of pyridine rings is 1. The summed E-state index contributed by atoms with van der Waals surface area (Å²) in [5.74, 6) is 0.795. The molecule has 4 aromatic rings. The number of aliphatic imine (C=N–C) groups is 1. The zero-order chi connectivity index (χ0) is 24.5. The Morgan fingerprint density at radius 1 is 1.14 bits per heavy atom. The van der Waals surface area contributed by atoms with Gasteiger partial charge in [-0.05, 0) is 64.2 Å². The first-order valence-corrected chi connectivity index (χ1v) is 12.6. The number of piperidine rings is 1. The zero-order valence-corrected chi connectivity index (χ0v) is 21.4. The number of nitrogens with zero attached hydrogens (tertiary/aromatic N) is 6. The van der Waals surface area contributed by atoms with Crippen molar-refractivity contribution >= 4 is 29.2 Å². The van der Waals surface area contributed by atoms with Gasteiger partial charge in [0.1, 0.15) is 11.3 Å². The summed E-state index contributed by atoms with van der Waals surface area (Å²) < 4.78 is 9.49. The number of nitrogens with two attached hydrogens (primary N) is 1. The molecule has 0 radical (unpaired) electrons. The third-order valence-electron chi connectivity index (χ3n) is 6.70. The summed E-state index contributed by atoms with van der Waals surface area (Å²) in [6.45, 7) is 4.36. The molecule has 2 N–H and O–H groups in total. The van der Waals surface area contributed by atoms with Gasteiger partial charge in [-0.15, -0.1) is 0 Å². The minimum absolute atomic E-state index is 0.438. The van der Waals surface area contributed by atoms with Crippen LogP contribution in [-0.4, -0.2) is 64.8 Å². The van der Waals surface area contributed by atoms with E-state index >= 15 is 0 Å². The van der Waals surface area contributed by atoms with Crippen molar-refractivity contribution in [2.45, 2.75) is 35.6 Å². The molecule has 1 fully saturated rings. The molecule has 1 aromatic carbocycles. The average Bonchev–Trinajstić information content (AvgIpc) is 3.43. The second kappa shape index (κ2) is 9.75. The molecule has 35 heavy (non-hydrogen) atoms. The van der Waals surface area contributed by atoms with Crippen LogP contribution < -0.4 is 10.5 Å². The van der Waals surface area contributed by atoms with Crippen molar-refractivity contribution in [1.29, 1.82) is 0 Å². The standard InChI is InChI=1S/C26H31N7OS/c1-17-22(14-30-33(17)20-7-9-31(3)10-8-20)19-12-25(26-23(27)15-29-32(26)16-19)35-24-6-5-21(34-4)11-18(24)13-28-2/h5-6,11-16,20H,7-10,27H2,1-4H3. The molecule has 0 spiro atoms. The lowest BCUT2D eigenvalue weighted by molar-refractivity contribution is 0.210. The number of fused-ring (bicyclic) bond motifs is 1. The predicted octanol–water partition coefficient (Wildman–Crippen LogP) is 4.56. The molecule has 1 aliphatic rings. The van der Waals surface area contributed by atoms with Gasteiger partial charge >= 0.3 is 0 Å². The van der Waals surface area contributed by atoms with Crippen LogP contribution in [0.5, 0.6) is 5.75 Å². The molecular weight excluding hydrogens is 458 g/mol. The lowest BCUT2D eigenvalue weighted by Crippen LogP contribution is -2.32. The number of hydrogen-bond acceptors (Lipinski definition) is 7. The lowest BCUT2D eigenvalue weighted by atomic mass is 10.0. The van der Waals surface area contributed by atoms with Crippen molar-refractivity contribution in [2.75, 3.05) is 40.0 Å². The summed E-state index contributed by atoms with van der Waals surface area (Å²) in [6, 6.07) is 8.64. The van der Waals surface area contributed by atoms with Gasteiger partial charge < -0.3 is 15.4 Å². The van der Waals surface area contributed by atoms with Gasteiger partial charge in [-0.1, -0.05) is 11.8 Å². The fourth-order valence-corrected chi connectivity index (χ4v) is 5.85. The first-order chi connectivity index (χ1) is 17.0. The second-order valence-corrected chi connectivity index (χ2v) is 10.1. The van der Waals surface area contributed by atoms with Crippen LogP contribution in [0, 0.1) is 6.92 Å². The van der Waals surface area contributed by atoms with Gasteiger partial charge in [0, 0.05) is 51.6 Å².